The smallest absolute Gasteiger partial charge is 0.326 e. The molecular formula is C13H18ClNO2S. The van der Waals surface area contributed by atoms with E-state index in [9.17, 15) is 4.79 Å². The molecule has 18 heavy (non-hydrogen) atoms. The number of carbonyl (C=O) groups excluding carboxylic acids is 1. The third-order valence-electron chi connectivity index (χ3n) is 2.36. The van der Waals surface area contributed by atoms with Crippen LogP contribution < -0.4 is 5.73 Å². The summed E-state index contributed by atoms with van der Waals surface area (Å²) in [5.41, 5.74) is 6.01. The van der Waals surface area contributed by atoms with E-state index < -0.39 is 5.54 Å². The number of hydrogen-bond acceptors (Lipinski definition) is 4. The Balaban J connectivity index is 2.46. The molecule has 0 aromatic heterocycles. The lowest BCUT2D eigenvalue weighted by Crippen LogP contribution is -2.48. The zero-order valence-electron chi connectivity index (χ0n) is 10.6. The first kappa shape index (κ1) is 15.3. The van der Waals surface area contributed by atoms with Crippen LogP contribution in [-0.2, 0) is 15.3 Å². The van der Waals surface area contributed by atoms with E-state index in [1.165, 1.54) is 0 Å². The third-order valence-corrected chi connectivity index (χ3v) is 4.05. The summed E-state index contributed by atoms with van der Waals surface area (Å²) in [7, 11) is 0. The van der Waals surface area contributed by atoms with Crippen LogP contribution in [0.3, 0.4) is 0 Å². The highest BCUT2D eigenvalue weighted by molar-refractivity contribution is 7.98. The van der Waals surface area contributed by atoms with E-state index in [4.69, 9.17) is 22.1 Å². The Labute approximate surface area is 117 Å². The Bertz CT molecular complexity index is 410. The van der Waals surface area contributed by atoms with E-state index in [2.05, 4.69) is 0 Å². The predicted molar refractivity (Wildman–Crippen MR) is 76.8 cm³/mol. The SMILES string of the molecule is CCOC(=O)C(C)(N)CSCc1ccccc1Cl. The summed E-state index contributed by atoms with van der Waals surface area (Å²) in [5, 5.41) is 0.736. The fourth-order valence-corrected chi connectivity index (χ4v) is 2.74. The fraction of sp³-hybridized carbons (Fsp3) is 0.462. The quantitative estimate of drug-likeness (QED) is 0.818. The number of thioether (sulfide) groups is 1. The predicted octanol–water partition coefficient (Wildman–Crippen LogP) is 2.85. The van der Waals surface area contributed by atoms with E-state index in [0.29, 0.717) is 12.4 Å². The van der Waals surface area contributed by atoms with Gasteiger partial charge in [0, 0.05) is 16.5 Å². The van der Waals surface area contributed by atoms with E-state index in [0.717, 1.165) is 16.3 Å². The Morgan fingerprint density at radius 2 is 2.17 bits per heavy atom. The summed E-state index contributed by atoms with van der Waals surface area (Å²) < 4.78 is 4.93. The minimum atomic E-state index is -0.956. The molecular weight excluding hydrogens is 270 g/mol. The van der Waals surface area contributed by atoms with Gasteiger partial charge in [0.05, 0.1) is 6.61 Å². The Morgan fingerprint density at radius 1 is 1.50 bits per heavy atom. The Morgan fingerprint density at radius 3 is 2.78 bits per heavy atom. The summed E-state index contributed by atoms with van der Waals surface area (Å²) in [4.78, 5) is 11.6. The fourth-order valence-electron chi connectivity index (χ4n) is 1.34. The van der Waals surface area contributed by atoms with Crippen LogP contribution in [0.4, 0.5) is 0 Å². The monoisotopic (exact) mass is 287 g/mol. The van der Waals surface area contributed by atoms with Crippen molar-refractivity contribution in [1.82, 2.24) is 0 Å². The molecule has 2 N–H and O–H groups in total. The van der Waals surface area contributed by atoms with Crippen LogP contribution in [0.1, 0.15) is 19.4 Å². The van der Waals surface area contributed by atoms with Crippen LogP contribution >= 0.6 is 23.4 Å². The number of carbonyl (C=O) groups is 1. The molecule has 0 heterocycles. The molecule has 0 bridgehead atoms. The van der Waals surface area contributed by atoms with Crippen molar-refractivity contribution in [1.29, 1.82) is 0 Å². The van der Waals surface area contributed by atoms with Gasteiger partial charge in [-0.25, -0.2) is 0 Å². The lowest BCUT2D eigenvalue weighted by Gasteiger charge is -2.21. The molecule has 1 rings (SSSR count). The number of ether oxygens (including phenoxy) is 1. The molecule has 0 aliphatic heterocycles. The molecule has 0 aliphatic carbocycles. The van der Waals surface area contributed by atoms with Gasteiger partial charge in [0.1, 0.15) is 5.54 Å². The first-order chi connectivity index (χ1) is 8.47. The number of hydrogen-bond donors (Lipinski definition) is 1. The second kappa shape index (κ2) is 7.02. The number of rotatable bonds is 6. The number of esters is 1. The van der Waals surface area contributed by atoms with Gasteiger partial charge in [-0.3, -0.25) is 4.79 Å². The first-order valence-electron chi connectivity index (χ1n) is 5.74. The molecule has 0 fully saturated rings. The van der Waals surface area contributed by atoms with Gasteiger partial charge in [-0.1, -0.05) is 29.8 Å². The van der Waals surface area contributed by atoms with Crippen molar-refractivity contribution < 1.29 is 9.53 Å². The van der Waals surface area contributed by atoms with Crippen LogP contribution in [0.5, 0.6) is 0 Å². The maximum Gasteiger partial charge on any atom is 0.326 e. The lowest BCUT2D eigenvalue weighted by molar-refractivity contribution is -0.148. The summed E-state index contributed by atoms with van der Waals surface area (Å²) in [5.74, 6) is 0.861. The van der Waals surface area contributed by atoms with Crippen molar-refractivity contribution in [3.63, 3.8) is 0 Å². The molecule has 0 saturated heterocycles. The maximum atomic E-state index is 11.6. The maximum absolute atomic E-state index is 11.6. The molecule has 1 aromatic carbocycles. The highest BCUT2D eigenvalue weighted by Crippen LogP contribution is 2.23. The van der Waals surface area contributed by atoms with Crippen LogP contribution in [-0.4, -0.2) is 23.9 Å². The number of benzene rings is 1. The molecule has 100 valence electrons. The number of halogens is 1. The standard InChI is InChI=1S/C13H18ClNO2S/c1-3-17-12(16)13(2,15)9-18-8-10-6-4-5-7-11(10)14/h4-7H,3,8-9,15H2,1-2H3. The van der Waals surface area contributed by atoms with Gasteiger partial charge in [0.2, 0.25) is 0 Å². The van der Waals surface area contributed by atoms with Gasteiger partial charge in [-0.15, -0.1) is 0 Å². The van der Waals surface area contributed by atoms with Gasteiger partial charge >= 0.3 is 5.97 Å². The zero-order chi connectivity index (χ0) is 13.6. The van der Waals surface area contributed by atoms with Crippen molar-refractivity contribution in [3.8, 4) is 0 Å². The molecule has 0 saturated carbocycles. The number of nitrogens with two attached hydrogens (primary N) is 1. The molecule has 1 atom stereocenters. The molecule has 0 radical (unpaired) electrons. The van der Waals surface area contributed by atoms with Gasteiger partial charge < -0.3 is 10.5 Å². The molecule has 3 nitrogen and oxygen atoms in total. The van der Waals surface area contributed by atoms with Crippen LogP contribution in [0.25, 0.3) is 0 Å². The van der Waals surface area contributed by atoms with Gasteiger partial charge in [0.15, 0.2) is 0 Å². The summed E-state index contributed by atoms with van der Waals surface area (Å²) in [6, 6.07) is 7.65. The molecule has 0 aliphatic rings. The summed E-state index contributed by atoms with van der Waals surface area (Å²) in [6.07, 6.45) is 0. The summed E-state index contributed by atoms with van der Waals surface area (Å²) >= 11 is 7.62. The largest absolute Gasteiger partial charge is 0.465 e. The van der Waals surface area contributed by atoms with Gasteiger partial charge in [-0.05, 0) is 25.5 Å². The van der Waals surface area contributed by atoms with Crippen LogP contribution in [0, 0.1) is 0 Å². The molecule has 0 amide bonds. The van der Waals surface area contributed by atoms with E-state index in [1.54, 1.807) is 25.6 Å². The van der Waals surface area contributed by atoms with Crippen LogP contribution in [0.15, 0.2) is 24.3 Å². The van der Waals surface area contributed by atoms with Crippen molar-refractivity contribution >= 4 is 29.3 Å². The van der Waals surface area contributed by atoms with Crippen molar-refractivity contribution in [2.75, 3.05) is 12.4 Å². The highest BCUT2D eigenvalue weighted by atomic mass is 35.5. The van der Waals surface area contributed by atoms with Crippen molar-refractivity contribution in [2.45, 2.75) is 25.1 Å². The average molecular weight is 288 g/mol. The minimum Gasteiger partial charge on any atom is -0.465 e. The molecule has 5 heteroatoms. The van der Waals surface area contributed by atoms with E-state index in [-0.39, 0.29) is 5.97 Å². The molecule has 0 spiro atoms. The molecule has 1 unspecified atom stereocenters. The second-order valence-electron chi connectivity index (χ2n) is 4.22. The Hall–Kier alpha value is -0.710. The van der Waals surface area contributed by atoms with Gasteiger partial charge in [-0.2, -0.15) is 11.8 Å². The highest BCUT2D eigenvalue weighted by Gasteiger charge is 2.29. The summed E-state index contributed by atoms with van der Waals surface area (Å²) in [6.45, 7) is 3.80. The average Bonchev–Trinajstić information content (AvgIpc) is 2.32. The lowest BCUT2D eigenvalue weighted by atomic mass is 10.1. The van der Waals surface area contributed by atoms with Crippen molar-refractivity contribution in [2.24, 2.45) is 5.73 Å². The van der Waals surface area contributed by atoms with E-state index >= 15 is 0 Å². The Kier molecular flexibility index (Phi) is 5.99. The van der Waals surface area contributed by atoms with Crippen molar-refractivity contribution in [3.05, 3.63) is 34.9 Å². The zero-order valence-corrected chi connectivity index (χ0v) is 12.2. The molecule has 1 aromatic rings. The minimum absolute atomic E-state index is 0.348. The topological polar surface area (TPSA) is 52.3 Å². The normalized spacial score (nSPS) is 14.0. The first-order valence-corrected chi connectivity index (χ1v) is 7.28. The van der Waals surface area contributed by atoms with E-state index in [1.807, 2.05) is 24.3 Å². The second-order valence-corrected chi connectivity index (χ2v) is 5.61. The van der Waals surface area contributed by atoms with Crippen LogP contribution in [0.2, 0.25) is 5.02 Å². The van der Waals surface area contributed by atoms with Gasteiger partial charge in [0.25, 0.3) is 0 Å². The third kappa shape index (κ3) is 4.52.